The average Bonchev–Trinajstić information content (AvgIpc) is 3.26. The third-order valence-corrected chi connectivity index (χ3v) is 13.3. The second kappa shape index (κ2) is 42.3. The highest BCUT2D eigenvalue weighted by Gasteiger charge is 2.16. The summed E-state index contributed by atoms with van der Waals surface area (Å²) >= 11 is 0. The topological polar surface area (TPSA) is 80.3 Å². The third kappa shape index (κ3) is 45.8. The first-order valence-electron chi connectivity index (χ1n) is 27.6. The molecule has 0 saturated carbocycles. The van der Waals surface area contributed by atoms with Gasteiger partial charge in [0.1, 0.15) is 13.1 Å². The molecule has 2 aromatic carbocycles. The van der Waals surface area contributed by atoms with Crippen molar-refractivity contribution in [3.05, 3.63) is 70.8 Å². The Kier molecular flexibility index (Phi) is 41.2. The maximum atomic E-state index is 8.52. The zero-order chi connectivity index (χ0) is 48.3. The second-order valence-corrected chi connectivity index (χ2v) is 21.8. The summed E-state index contributed by atoms with van der Waals surface area (Å²) < 4.78 is 36.3. The Morgan fingerprint density at radius 1 is 0.323 bits per heavy atom. The van der Waals surface area contributed by atoms with Crippen LogP contribution in [0.15, 0.2) is 48.5 Å². The molecule has 0 atom stereocenters. The van der Waals surface area contributed by atoms with E-state index in [9.17, 15) is 0 Å². The molecule has 0 radical (unpaired) electrons. The van der Waals surface area contributed by atoms with Gasteiger partial charge in [-0.3, -0.25) is 8.42 Å². The lowest BCUT2D eigenvalue weighted by atomic mass is 10.0. The van der Waals surface area contributed by atoms with Gasteiger partial charge >= 0.3 is 0 Å². The standard InChI is InChI=1S/2C29H54N.H2O4S/c2*1-5-7-8-9-10-11-12-13-14-15-16-17-18-19-20-21-26-30(3,4)27-29-24-22-28(6-2)23-25-29;1-5(2,3)4/h2*22-25H,5-21,26-27H2,1-4H3;(H2,1,2,3,4)/q2*+1;/p-2. The molecule has 0 amide bonds. The molecular formula is C58H108N2O4S. The molecule has 0 aromatic heterocycles. The van der Waals surface area contributed by atoms with Gasteiger partial charge in [0.25, 0.3) is 0 Å². The van der Waals surface area contributed by atoms with Crippen LogP contribution in [0.2, 0.25) is 0 Å². The molecule has 0 N–H and O–H groups in total. The molecule has 0 fully saturated rings. The van der Waals surface area contributed by atoms with Crippen molar-refractivity contribution in [2.45, 2.75) is 259 Å². The van der Waals surface area contributed by atoms with E-state index in [1.54, 1.807) is 0 Å². The number of unbranched alkanes of at least 4 members (excludes halogenated alkanes) is 30. The molecule has 0 aliphatic carbocycles. The zero-order valence-corrected chi connectivity index (χ0v) is 45.2. The highest BCUT2D eigenvalue weighted by atomic mass is 32.3. The minimum Gasteiger partial charge on any atom is -0.759 e. The van der Waals surface area contributed by atoms with Crippen molar-refractivity contribution < 1.29 is 26.5 Å². The Bertz CT molecular complexity index is 1310. The van der Waals surface area contributed by atoms with Gasteiger partial charge < -0.3 is 18.1 Å². The molecule has 2 rings (SSSR count). The molecule has 7 heteroatoms. The Morgan fingerprint density at radius 3 is 0.677 bits per heavy atom. The summed E-state index contributed by atoms with van der Waals surface area (Å²) in [5, 5.41) is 0. The fourth-order valence-corrected chi connectivity index (χ4v) is 9.08. The highest BCUT2D eigenvalue weighted by molar-refractivity contribution is 7.79. The van der Waals surface area contributed by atoms with Gasteiger partial charge in [0, 0.05) is 21.5 Å². The minimum absolute atomic E-state index is 1.12. The van der Waals surface area contributed by atoms with Gasteiger partial charge in [-0.2, -0.15) is 0 Å². The summed E-state index contributed by atoms with van der Waals surface area (Å²) in [5.74, 6) is 0. The molecule has 0 saturated heterocycles. The highest BCUT2D eigenvalue weighted by Crippen LogP contribution is 2.18. The van der Waals surface area contributed by atoms with Gasteiger partial charge in [-0.1, -0.05) is 256 Å². The van der Waals surface area contributed by atoms with Crippen LogP contribution in [0.1, 0.15) is 255 Å². The summed E-state index contributed by atoms with van der Waals surface area (Å²) in [7, 11) is 4.38. The van der Waals surface area contributed by atoms with Gasteiger partial charge in [-0.15, -0.1) is 0 Å². The van der Waals surface area contributed by atoms with Crippen LogP contribution >= 0.6 is 0 Å². The number of aryl methyl sites for hydroxylation is 2. The first-order valence-corrected chi connectivity index (χ1v) is 28.9. The maximum absolute atomic E-state index is 8.52. The predicted molar refractivity (Wildman–Crippen MR) is 283 cm³/mol. The normalized spacial score (nSPS) is 11.8. The molecule has 380 valence electrons. The number of quaternary nitrogens is 2. The van der Waals surface area contributed by atoms with Crippen LogP contribution in [0.4, 0.5) is 0 Å². The van der Waals surface area contributed by atoms with Crippen LogP contribution in [-0.4, -0.2) is 67.8 Å². The van der Waals surface area contributed by atoms with E-state index < -0.39 is 10.4 Å². The first kappa shape index (κ1) is 63.2. The van der Waals surface area contributed by atoms with Gasteiger partial charge in [-0.05, 0) is 49.7 Å². The molecule has 0 heterocycles. The summed E-state index contributed by atoms with van der Waals surface area (Å²) in [6.45, 7) is 14.0. The quantitative estimate of drug-likeness (QED) is 0.0289. The number of nitrogens with zero attached hydrogens (tertiary/aromatic N) is 2. The van der Waals surface area contributed by atoms with Crippen molar-refractivity contribution in [1.82, 2.24) is 0 Å². The van der Waals surface area contributed by atoms with Crippen molar-refractivity contribution in [1.29, 1.82) is 0 Å². The molecule has 0 bridgehead atoms. The lowest BCUT2D eigenvalue weighted by Crippen LogP contribution is -2.39. The van der Waals surface area contributed by atoms with Crippen LogP contribution in [0.5, 0.6) is 0 Å². The molecule has 6 nitrogen and oxygen atoms in total. The largest absolute Gasteiger partial charge is 0.759 e. The second-order valence-electron chi connectivity index (χ2n) is 21.0. The van der Waals surface area contributed by atoms with Crippen molar-refractivity contribution in [3.8, 4) is 0 Å². The SMILES string of the molecule is CCCCCCCCCCCCCCCCCC[N+](C)(C)Cc1ccc(CC)cc1.CCCCCCCCCCCCCCCCCC[N+](C)(C)Cc1ccc(CC)cc1.O=S(=O)([O-])[O-]. The minimum atomic E-state index is -5.17. The lowest BCUT2D eigenvalue weighted by molar-refractivity contribution is -0.903. The summed E-state index contributed by atoms with van der Waals surface area (Å²) in [4.78, 5) is 0. The van der Waals surface area contributed by atoms with Gasteiger partial charge in [0.15, 0.2) is 0 Å². The van der Waals surface area contributed by atoms with E-state index in [4.69, 9.17) is 17.5 Å². The Balaban J connectivity index is 0.00000114. The summed E-state index contributed by atoms with van der Waals surface area (Å²) in [6.07, 6.45) is 48.6. The lowest BCUT2D eigenvalue weighted by Gasteiger charge is -2.30. The molecule has 0 aliphatic rings. The van der Waals surface area contributed by atoms with Crippen LogP contribution in [0.25, 0.3) is 0 Å². The molecule has 65 heavy (non-hydrogen) atoms. The fraction of sp³-hybridized carbons (Fsp3) is 0.793. The predicted octanol–water partition coefficient (Wildman–Crippen LogP) is 16.8. The summed E-state index contributed by atoms with van der Waals surface area (Å²) in [5.41, 5.74) is 5.85. The Labute approximate surface area is 406 Å². The number of benzene rings is 2. The fourth-order valence-electron chi connectivity index (χ4n) is 9.08. The van der Waals surface area contributed by atoms with Crippen LogP contribution < -0.4 is 0 Å². The van der Waals surface area contributed by atoms with E-state index in [1.807, 2.05) is 0 Å². The van der Waals surface area contributed by atoms with Crippen LogP contribution in [0.3, 0.4) is 0 Å². The van der Waals surface area contributed by atoms with Crippen LogP contribution in [0, 0.1) is 0 Å². The number of hydrogen-bond acceptors (Lipinski definition) is 4. The van der Waals surface area contributed by atoms with Crippen molar-refractivity contribution >= 4 is 10.4 Å². The smallest absolute Gasteiger partial charge is 0.104 e. The van der Waals surface area contributed by atoms with E-state index in [1.165, 1.54) is 241 Å². The van der Waals surface area contributed by atoms with Crippen molar-refractivity contribution in [2.24, 2.45) is 0 Å². The Morgan fingerprint density at radius 2 is 0.492 bits per heavy atom. The molecule has 0 unspecified atom stereocenters. The third-order valence-electron chi connectivity index (χ3n) is 13.3. The van der Waals surface area contributed by atoms with Crippen LogP contribution in [-0.2, 0) is 36.3 Å². The number of hydrogen-bond donors (Lipinski definition) is 0. The molecular weight excluding hydrogens is 821 g/mol. The van der Waals surface area contributed by atoms with Gasteiger partial charge in [0.2, 0.25) is 0 Å². The Hall–Kier alpha value is -1.77. The van der Waals surface area contributed by atoms with Gasteiger partial charge in [-0.25, -0.2) is 0 Å². The molecule has 0 spiro atoms. The van der Waals surface area contributed by atoms with E-state index in [0.717, 1.165) is 34.9 Å². The first-order chi connectivity index (χ1) is 31.1. The van der Waals surface area contributed by atoms with Gasteiger partial charge in [0.05, 0.1) is 41.3 Å². The van der Waals surface area contributed by atoms with E-state index >= 15 is 0 Å². The summed E-state index contributed by atoms with van der Waals surface area (Å²) in [6, 6.07) is 18.5. The van der Waals surface area contributed by atoms with E-state index in [-0.39, 0.29) is 0 Å². The average molecular weight is 930 g/mol. The number of rotatable bonds is 40. The monoisotopic (exact) mass is 929 g/mol. The molecule has 2 aromatic rings. The maximum Gasteiger partial charge on any atom is 0.104 e. The van der Waals surface area contributed by atoms with E-state index in [2.05, 4.69) is 104 Å². The van der Waals surface area contributed by atoms with Crippen molar-refractivity contribution in [2.75, 3.05) is 41.3 Å². The van der Waals surface area contributed by atoms with E-state index in [0.29, 0.717) is 0 Å². The molecule has 0 aliphatic heterocycles. The zero-order valence-electron chi connectivity index (χ0n) is 44.4. The van der Waals surface area contributed by atoms with Crippen molar-refractivity contribution in [3.63, 3.8) is 0 Å².